The van der Waals surface area contributed by atoms with Gasteiger partial charge in [-0.25, -0.2) is 0 Å². The molecule has 0 aliphatic heterocycles. The minimum absolute atomic E-state index is 0.561. The van der Waals surface area contributed by atoms with E-state index in [1.165, 1.54) is 10.6 Å². The van der Waals surface area contributed by atoms with Gasteiger partial charge in [0.2, 0.25) is 0 Å². The first-order chi connectivity index (χ1) is 5.75. The predicted octanol–water partition coefficient (Wildman–Crippen LogP) is 0.943. The number of carbonyl (C=O) groups excluding carboxylic acids is 1. The second-order valence-corrected chi connectivity index (χ2v) is 3.43. The molecule has 0 bridgehead atoms. The minimum atomic E-state index is -1.29. The van der Waals surface area contributed by atoms with E-state index in [9.17, 15) is 9.35 Å². The van der Waals surface area contributed by atoms with Crippen LogP contribution in [0.4, 0.5) is 5.69 Å². The maximum Gasteiger partial charge on any atom is 0.257 e. The lowest BCUT2D eigenvalue weighted by atomic mass is 10.3. The molecule has 1 aromatic carbocycles. The molecule has 0 aliphatic rings. The van der Waals surface area contributed by atoms with Gasteiger partial charge in [0.15, 0.2) is 0 Å². The number of nitrogens with zero attached hydrogens (tertiary/aromatic N) is 1. The van der Waals surface area contributed by atoms with Crippen LogP contribution in [0, 0.1) is 0 Å². The highest BCUT2D eigenvalue weighted by molar-refractivity contribution is 7.92. The number of carbonyl (C=O) groups is 1. The first-order valence-electron chi connectivity index (χ1n) is 3.39. The van der Waals surface area contributed by atoms with E-state index in [0.29, 0.717) is 12.1 Å². The summed E-state index contributed by atoms with van der Waals surface area (Å²) >= 11 is -1.29. The van der Waals surface area contributed by atoms with Gasteiger partial charge in [-0.1, -0.05) is 18.2 Å². The van der Waals surface area contributed by atoms with E-state index in [4.69, 9.17) is 0 Å². The predicted molar refractivity (Wildman–Crippen MR) is 49.1 cm³/mol. The average molecular weight is 183 g/mol. The molecular formula is C8H9NO2S. The third kappa shape index (κ3) is 1.99. The van der Waals surface area contributed by atoms with Crippen molar-refractivity contribution in [1.29, 1.82) is 0 Å². The lowest BCUT2D eigenvalue weighted by Gasteiger charge is -2.16. The van der Waals surface area contributed by atoms with E-state index in [1.54, 1.807) is 24.3 Å². The van der Waals surface area contributed by atoms with Crippen molar-refractivity contribution in [2.24, 2.45) is 0 Å². The van der Waals surface area contributed by atoms with Crippen molar-refractivity contribution in [2.45, 2.75) is 0 Å². The standard InChI is InChI=1S/C8H9NO2S/c1-12(11)9(7-10)8-5-3-2-4-6-8/h2-7H,1H3/t12-/m0/s1. The Morgan fingerprint density at radius 3 is 2.42 bits per heavy atom. The van der Waals surface area contributed by atoms with Gasteiger partial charge in [0.1, 0.15) is 6.26 Å². The first-order valence-corrected chi connectivity index (χ1v) is 4.90. The first kappa shape index (κ1) is 9.09. The molecule has 12 heavy (non-hydrogen) atoms. The summed E-state index contributed by atoms with van der Waals surface area (Å²) in [6.07, 6.45) is 2.02. The highest BCUT2D eigenvalue weighted by Crippen LogP contribution is 2.13. The Balaban J connectivity index is 2.88. The second-order valence-electron chi connectivity index (χ2n) is 2.19. The lowest BCUT2D eigenvalue weighted by molar-refractivity contribution is -0.106. The Morgan fingerprint density at radius 1 is 1.42 bits per heavy atom. The zero-order valence-corrected chi connectivity index (χ0v) is 7.45. The monoisotopic (exact) mass is 183 g/mol. The molecule has 0 unspecified atom stereocenters. The largest absolute Gasteiger partial charge is 0.593 e. The lowest BCUT2D eigenvalue weighted by Crippen LogP contribution is -2.27. The zero-order chi connectivity index (χ0) is 8.97. The van der Waals surface area contributed by atoms with Crippen molar-refractivity contribution in [3.05, 3.63) is 30.3 Å². The van der Waals surface area contributed by atoms with Crippen LogP contribution in [0.5, 0.6) is 0 Å². The molecule has 0 saturated carbocycles. The fourth-order valence-electron chi connectivity index (χ4n) is 0.845. The Hall–Kier alpha value is -1.00. The highest BCUT2D eigenvalue weighted by Gasteiger charge is 2.12. The second kappa shape index (κ2) is 4.13. The molecule has 0 saturated heterocycles. The van der Waals surface area contributed by atoms with Crippen molar-refractivity contribution >= 4 is 23.5 Å². The smallest absolute Gasteiger partial charge is 0.257 e. The SMILES string of the molecule is C[S@+]([O-])N(C=O)c1ccccc1. The van der Waals surface area contributed by atoms with Crippen molar-refractivity contribution in [3.63, 3.8) is 0 Å². The van der Waals surface area contributed by atoms with Crippen molar-refractivity contribution in [3.8, 4) is 0 Å². The number of hydrogen-bond donors (Lipinski definition) is 0. The van der Waals surface area contributed by atoms with E-state index >= 15 is 0 Å². The van der Waals surface area contributed by atoms with Gasteiger partial charge in [-0.2, -0.15) is 0 Å². The molecule has 1 amide bonds. The Labute approximate surface area is 74.3 Å². The molecule has 0 spiro atoms. The quantitative estimate of drug-likeness (QED) is 0.517. The third-order valence-electron chi connectivity index (χ3n) is 1.38. The van der Waals surface area contributed by atoms with Gasteiger partial charge in [-0.15, -0.1) is 4.31 Å². The Bertz CT molecular complexity index is 250. The van der Waals surface area contributed by atoms with E-state index in [0.717, 1.165) is 0 Å². The van der Waals surface area contributed by atoms with Gasteiger partial charge in [0, 0.05) is 0 Å². The summed E-state index contributed by atoms with van der Waals surface area (Å²) in [5, 5.41) is 0. The van der Waals surface area contributed by atoms with Crippen LogP contribution < -0.4 is 4.31 Å². The number of amides is 1. The number of hydrogen-bond acceptors (Lipinski definition) is 2. The molecule has 0 aliphatic carbocycles. The summed E-state index contributed by atoms with van der Waals surface area (Å²) < 4.78 is 12.1. The number of rotatable bonds is 3. The van der Waals surface area contributed by atoms with Gasteiger partial charge in [-0.05, 0) is 12.1 Å². The van der Waals surface area contributed by atoms with Crippen LogP contribution in [-0.2, 0) is 16.2 Å². The van der Waals surface area contributed by atoms with Gasteiger partial charge >= 0.3 is 0 Å². The van der Waals surface area contributed by atoms with Gasteiger partial charge in [0.25, 0.3) is 6.41 Å². The third-order valence-corrected chi connectivity index (χ3v) is 2.23. The Morgan fingerprint density at radius 2 is 2.00 bits per heavy atom. The number of anilines is 1. The van der Waals surface area contributed by atoms with Crippen molar-refractivity contribution in [2.75, 3.05) is 10.6 Å². The average Bonchev–Trinajstić information content (AvgIpc) is 2.07. The molecule has 0 N–H and O–H groups in total. The summed E-state index contributed by atoms with van der Waals surface area (Å²) in [6.45, 7) is 0. The molecule has 0 fully saturated rings. The van der Waals surface area contributed by atoms with Crippen LogP contribution in [0.25, 0.3) is 0 Å². The zero-order valence-electron chi connectivity index (χ0n) is 6.64. The summed E-state index contributed by atoms with van der Waals surface area (Å²) in [6, 6.07) is 8.88. The summed E-state index contributed by atoms with van der Waals surface area (Å²) in [5.74, 6) is 0. The van der Waals surface area contributed by atoms with Crippen LogP contribution in [0.1, 0.15) is 0 Å². The van der Waals surface area contributed by atoms with E-state index in [1.807, 2.05) is 6.07 Å². The molecule has 4 heteroatoms. The molecule has 1 aromatic rings. The van der Waals surface area contributed by atoms with Gasteiger partial charge in [-0.3, -0.25) is 4.79 Å². The molecule has 1 rings (SSSR count). The molecule has 64 valence electrons. The number of benzene rings is 1. The normalized spacial score (nSPS) is 12.2. The van der Waals surface area contributed by atoms with Crippen LogP contribution in [0.3, 0.4) is 0 Å². The fraction of sp³-hybridized carbons (Fsp3) is 0.125. The number of para-hydroxylation sites is 1. The molecule has 0 heterocycles. The maximum absolute atomic E-state index is 11.0. The molecule has 0 radical (unpaired) electrons. The van der Waals surface area contributed by atoms with E-state index in [2.05, 4.69) is 0 Å². The van der Waals surface area contributed by atoms with Gasteiger partial charge in [0.05, 0.1) is 17.0 Å². The van der Waals surface area contributed by atoms with Crippen LogP contribution in [0.2, 0.25) is 0 Å². The molecule has 3 nitrogen and oxygen atoms in total. The summed E-state index contributed by atoms with van der Waals surface area (Å²) in [7, 11) is 0. The minimum Gasteiger partial charge on any atom is -0.593 e. The van der Waals surface area contributed by atoms with Gasteiger partial charge < -0.3 is 4.55 Å². The molecular weight excluding hydrogens is 174 g/mol. The van der Waals surface area contributed by atoms with E-state index in [-0.39, 0.29) is 0 Å². The topological polar surface area (TPSA) is 43.4 Å². The summed E-state index contributed by atoms with van der Waals surface area (Å²) in [4.78, 5) is 10.5. The van der Waals surface area contributed by atoms with Crippen molar-refractivity contribution in [1.82, 2.24) is 0 Å². The highest BCUT2D eigenvalue weighted by atomic mass is 32.2. The van der Waals surface area contributed by atoms with Crippen LogP contribution in [0.15, 0.2) is 30.3 Å². The van der Waals surface area contributed by atoms with Crippen LogP contribution in [-0.4, -0.2) is 17.2 Å². The summed E-state index contributed by atoms with van der Waals surface area (Å²) in [5.41, 5.74) is 0.647. The van der Waals surface area contributed by atoms with E-state index < -0.39 is 11.4 Å². The van der Waals surface area contributed by atoms with Crippen LogP contribution >= 0.6 is 0 Å². The fourth-order valence-corrected chi connectivity index (χ4v) is 1.38. The maximum atomic E-state index is 11.0. The Kier molecular flexibility index (Phi) is 3.13. The molecule has 1 atom stereocenters. The molecule has 0 aromatic heterocycles. The van der Waals surface area contributed by atoms with Crippen molar-refractivity contribution < 1.29 is 9.35 Å².